The van der Waals surface area contributed by atoms with Crippen LogP contribution in [0, 0.1) is 0 Å². The van der Waals surface area contributed by atoms with Crippen LogP contribution in [0.5, 0.6) is 0 Å². The lowest BCUT2D eigenvalue weighted by molar-refractivity contribution is 0.184. The molecule has 5 heterocycles. The SMILES string of the molecule is Clc1c[nH]c2nc(Nc3cnn(C4CCOC4)c3)nc(N[C@@H]3CCNC3)c12. The molecule has 2 aliphatic heterocycles. The van der Waals surface area contributed by atoms with E-state index in [-0.39, 0.29) is 0 Å². The summed E-state index contributed by atoms with van der Waals surface area (Å²) in [5.41, 5.74) is 1.54. The van der Waals surface area contributed by atoms with Crippen LogP contribution < -0.4 is 16.0 Å². The monoisotopic (exact) mass is 388 g/mol. The van der Waals surface area contributed by atoms with Crippen molar-refractivity contribution in [2.24, 2.45) is 0 Å². The molecular weight excluding hydrogens is 368 g/mol. The van der Waals surface area contributed by atoms with Gasteiger partial charge < -0.3 is 25.7 Å². The predicted octanol–water partition coefficient (Wildman–Crippen LogP) is 2.29. The molecule has 27 heavy (non-hydrogen) atoms. The molecule has 2 fully saturated rings. The van der Waals surface area contributed by atoms with Crippen molar-refractivity contribution in [3.05, 3.63) is 23.6 Å². The van der Waals surface area contributed by atoms with E-state index in [2.05, 4.69) is 36.0 Å². The highest BCUT2D eigenvalue weighted by molar-refractivity contribution is 6.36. The Bertz CT molecular complexity index is 942. The predicted molar refractivity (Wildman–Crippen MR) is 104 cm³/mol. The normalized spacial score (nSPS) is 22.6. The van der Waals surface area contributed by atoms with E-state index in [1.807, 2.05) is 10.9 Å². The lowest BCUT2D eigenvalue weighted by Crippen LogP contribution is -2.23. The summed E-state index contributed by atoms with van der Waals surface area (Å²) < 4.78 is 7.37. The number of halogens is 1. The lowest BCUT2D eigenvalue weighted by Gasteiger charge is -2.14. The number of H-pyrrole nitrogens is 1. The van der Waals surface area contributed by atoms with Crippen molar-refractivity contribution >= 4 is 40.1 Å². The fourth-order valence-electron chi connectivity index (χ4n) is 3.59. The van der Waals surface area contributed by atoms with Crippen LogP contribution in [0.1, 0.15) is 18.9 Å². The number of nitrogens with zero attached hydrogens (tertiary/aromatic N) is 4. The van der Waals surface area contributed by atoms with E-state index >= 15 is 0 Å². The maximum atomic E-state index is 6.34. The zero-order valence-corrected chi connectivity index (χ0v) is 15.5. The highest BCUT2D eigenvalue weighted by atomic mass is 35.5. The number of hydrogen-bond donors (Lipinski definition) is 4. The molecule has 2 aliphatic rings. The van der Waals surface area contributed by atoms with Crippen LogP contribution in [-0.2, 0) is 4.74 Å². The summed E-state index contributed by atoms with van der Waals surface area (Å²) in [5.74, 6) is 1.23. The summed E-state index contributed by atoms with van der Waals surface area (Å²) in [5, 5.41) is 15.9. The van der Waals surface area contributed by atoms with Crippen molar-refractivity contribution in [3.8, 4) is 0 Å². The van der Waals surface area contributed by atoms with Crippen LogP contribution in [0.4, 0.5) is 17.5 Å². The number of hydrogen-bond acceptors (Lipinski definition) is 7. The first kappa shape index (κ1) is 16.8. The van der Waals surface area contributed by atoms with Crippen LogP contribution in [0.25, 0.3) is 11.0 Å². The molecule has 2 saturated heterocycles. The molecule has 0 saturated carbocycles. The highest BCUT2D eigenvalue weighted by Gasteiger charge is 2.20. The summed E-state index contributed by atoms with van der Waals surface area (Å²) in [6, 6.07) is 0.616. The molecule has 0 radical (unpaired) electrons. The minimum Gasteiger partial charge on any atom is -0.379 e. The summed E-state index contributed by atoms with van der Waals surface area (Å²) in [6.45, 7) is 3.40. The fraction of sp³-hybridized carbons (Fsp3) is 0.471. The number of aromatic nitrogens is 5. The third-order valence-corrected chi connectivity index (χ3v) is 5.32. The lowest BCUT2D eigenvalue weighted by atomic mass is 10.2. The molecule has 5 rings (SSSR count). The van der Waals surface area contributed by atoms with Gasteiger partial charge >= 0.3 is 0 Å². The summed E-state index contributed by atoms with van der Waals surface area (Å²) in [4.78, 5) is 12.3. The summed E-state index contributed by atoms with van der Waals surface area (Å²) in [7, 11) is 0. The van der Waals surface area contributed by atoms with Crippen molar-refractivity contribution in [1.82, 2.24) is 30.0 Å². The standard InChI is InChI=1S/C17H21ClN8O/c18-13-7-20-15-14(13)16(22-10-1-3-19-5-10)25-17(24-15)23-11-6-21-26(8-11)12-2-4-27-9-12/h6-8,10,12,19H,1-5,9H2,(H3,20,22,23,24,25)/t10-,12?/m1/s1. The van der Waals surface area contributed by atoms with E-state index in [4.69, 9.17) is 16.3 Å². The number of rotatable bonds is 5. The van der Waals surface area contributed by atoms with Gasteiger partial charge in [-0.15, -0.1) is 0 Å². The number of fused-ring (bicyclic) bond motifs is 1. The van der Waals surface area contributed by atoms with Crippen molar-refractivity contribution in [3.63, 3.8) is 0 Å². The molecule has 10 heteroatoms. The van der Waals surface area contributed by atoms with Crippen molar-refractivity contribution < 1.29 is 4.74 Å². The van der Waals surface area contributed by atoms with Gasteiger partial charge in [-0.2, -0.15) is 15.1 Å². The molecule has 3 aromatic heterocycles. The van der Waals surface area contributed by atoms with Gasteiger partial charge in [0.25, 0.3) is 0 Å². The van der Waals surface area contributed by atoms with Crippen molar-refractivity contribution in [2.45, 2.75) is 24.9 Å². The largest absolute Gasteiger partial charge is 0.379 e. The van der Waals surface area contributed by atoms with Crippen molar-refractivity contribution in [1.29, 1.82) is 0 Å². The van der Waals surface area contributed by atoms with Crippen LogP contribution in [0.15, 0.2) is 18.6 Å². The zero-order valence-electron chi connectivity index (χ0n) is 14.7. The Morgan fingerprint density at radius 3 is 3.07 bits per heavy atom. The van der Waals surface area contributed by atoms with Crippen LogP contribution in [0.2, 0.25) is 5.02 Å². The van der Waals surface area contributed by atoms with Crippen LogP contribution in [0.3, 0.4) is 0 Å². The van der Waals surface area contributed by atoms with Gasteiger partial charge in [0.2, 0.25) is 5.95 Å². The quantitative estimate of drug-likeness (QED) is 0.531. The van der Waals surface area contributed by atoms with Crippen LogP contribution >= 0.6 is 11.6 Å². The molecule has 9 nitrogen and oxygen atoms in total. The summed E-state index contributed by atoms with van der Waals surface area (Å²) >= 11 is 6.34. The Kier molecular flexibility index (Phi) is 4.35. The molecule has 4 N–H and O–H groups in total. The van der Waals surface area contributed by atoms with E-state index in [9.17, 15) is 0 Å². The number of aromatic amines is 1. The van der Waals surface area contributed by atoms with Gasteiger partial charge in [-0.05, 0) is 19.4 Å². The molecule has 1 unspecified atom stereocenters. The molecule has 142 valence electrons. The first-order valence-corrected chi connectivity index (χ1v) is 9.55. The van der Waals surface area contributed by atoms with Gasteiger partial charge in [0.1, 0.15) is 11.5 Å². The smallest absolute Gasteiger partial charge is 0.231 e. The Balaban J connectivity index is 1.42. The third kappa shape index (κ3) is 3.33. The topological polar surface area (TPSA) is 105 Å². The van der Waals surface area contributed by atoms with Gasteiger partial charge in [0.05, 0.1) is 34.9 Å². The van der Waals surface area contributed by atoms with E-state index in [0.29, 0.717) is 35.3 Å². The minimum atomic E-state index is 0.290. The second-order valence-electron chi connectivity index (χ2n) is 6.94. The van der Waals surface area contributed by atoms with E-state index < -0.39 is 0 Å². The Hall–Kier alpha value is -2.36. The zero-order chi connectivity index (χ0) is 18.2. The highest BCUT2D eigenvalue weighted by Crippen LogP contribution is 2.30. The number of anilines is 3. The van der Waals surface area contributed by atoms with Gasteiger partial charge in [0.15, 0.2) is 0 Å². The molecular formula is C17H21ClN8O. The molecule has 0 bridgehead atoms. The molecule has 0 aliphatic carbocycles. The van der Waals surface area contributed by atoms with Gasteiger partial charge in [0, 0.05) is 31.6 Å². The number of nitrogens with one attached hydrogen (secondary N) is 4. The molecule has 3 aromatic rings. The van der Waals surface area contributed by atoms with Gasteiger partial charge in [-0.3, -0.25) is 4.68 Å². The van der Waals surface area contributed by atoms with Gasteiger partial charge in [-0.1, -0.05) is 11.6 Å². The Morgan fingerprint density at radius 2 is 2.26 bits per heavy atom. The third-order valence-electron chi connectivity index (χ3n) is 5.02. The number of ether oxygens (including phenoxy) is 1. The maximum Gasteiger partial charge on any atom is 0.231 e. The van der Waals surface area contributed by atoms with E-state index in [0.717, 1.165) is 49.4 Å². The fourth-order valence-corrected chi connectivity index (χ4v) is 3.82. The second-order valence-corrected chi connectivity index (χ2v) is 7.35. The summed E-state index contributed by atoms with van der Waals surface area (Å²) in [6.07, 6.45) is 7.51. The van der Waals surface area contributed by atoms with E-state index in [1.54, 1.807) is 12.4 Å². The molecule has 2 atom stereocenters. The van der Waals surface area contributed by atoms with Gasteiger partial charge in [-0.25, -0.2) is 0 Å². The maximum absolute atomic E-state index is 6.34. The average molecular weight is 389 g/mol. The molecule has 0 amide bonds. The second kappa shape index (κ2) is 6.99. The first-order chi connectivity index (χ1) is 13.3. The van der Waals surface area contributed by atoms with E-state index in [1.165, 1.54) is 0 Å². The molecule has 0 spiro atoms. The minimum absolute atomic E-state index is 0.290. The Labute approximate surface area is 160 Å². The average Bonchev–Trinajstić information content (AvgIpc) is 3.42. The Morgan fingerprint density at radius 1 is 1.30 bits per heavy atom. The first-order valence-electron chi connectivity index (χ1n) is 9.17. The van der Waals surface area contributed by atoms with Crippen LogP contribution in [-0.4, -0.2) is 57.1 Å². The van der Waals surface area contributed by atoms with Crippen molar-refractivity contribution in [2.75, 3.05) is 36.9 Å². The molecule has 0 aromatic carbocycles.